The van der Waals surface area contributed by atoms with E-state index >= 15 is 0 Å². The third-order valence-corrected chi connectivity index (χ3v) is 5.48. The molecule has 1 heterocycles. The van der Waals surface area contributed by atoms with Gasteiger partial charge in [-0.15, -0.1) is 0 Å². The Morgan fingerprint density at radius 2 is 1.85 bits per heavy atom. The van der Waals surface area contributed by atoms with E-state index in [1.54, 1.807) is 13.8 Å². The lowest BCUT2D eigenvalue weighted by Gasteiger charge is -2.10. The molecule has 0 radical (unpaired) electrons. The second-order valence-electron chi connectivity index (χ2n) is 4.57. The number of ether oxygens (including phenoxy) is 1. The number of carbonyl (C=O) groups excluding carboxylic acids is 2. The molecule has 1 N–H and O–H groups in total. The molecule has 0 fully saturated rings. The minimum absolute atomic E-state index is 0.109. The predicted octanol–water partition coefficient (Wildman–Crippen LogP) is 1.42. The van der Waals surface area contributed by atoms with Crippen molar-refractivity contribution >= 4 is 21.6 Å². The van der Waals surface area contributed by atoms with Crippen molar-refractivity contribution in [1.29, 1.82) is 0 Å². The summed E-state index contributed by atoms with van der Waals surface area (Å²) in [5.41, 5.74) is 1.32. The van der Waals surface area contributed by atoms with Gasteiger partial charge in [0.15, 0.2) is 15.6 Å². The van der Waals surface area contributed by atoms with Gasteiger partial charge >= 0.3 is 5.97 Å². The van der Waals surface area contributed by atoms with Gasteiger partial charge in [0.05, 0.1) is 18.4 Å². The zero-order chi connectivity index (χ0) is 15.7. The quantitative estimate of drug-likeness (QED) is 0.656. The fourth-order valence-electron chi connectivity index (χ4n) is 2.02. The molecule has 0 saturated carbocycles. The largest absolute Gasteiger partial charge is 0.465 e. The lowest BCUT2D eigenvalue weighted by molar-refractivity contribution is 0.0599. The van der Waals surface area contributed by atoms with E-state index in [2.05, 4.69) is 9.72 Å². The second kappa shape index (κ2) is 5.78. The van der Waals surface area contributed by atoms with Gasteiger partial charge in [0, 0.05) is 11.4 Å². The van der Waals surface area contributed by atoms with Crippen LogP contribution in [0.3, 0.4) is 0 Å². The number of aryl methyl sites for hydroxylation is 1. The van der Waals surface area contributed by atoms with Crippen LogP contribution in [-0.4, -0.2) is 43.3 Å². The molecule has 0 bridgehead atoms. The summed E-state index contributed by atoms with van der Waals surface area (Å²) >= 11 is 0. The highest BCUT2D eigenvalue weighted by Gasteiger charge is 2.31. The first-order valence-corrected chi connectivity index (χ1v) is 7.92. The molecule has 0 aromatic carbocycles. The number of Topliss-reactive ketones (excluding diaryl/α,β-unsaturated/α-hetero) is 1. The number of aromatic nitrogens is 1. The summed E-state index contributed by atoms with van der Waals surface area (Å²) in [5, 5.41) is -1.14. The number of sulfone groups is 1. The number of H-pyrrole nitrogens is 1. The third-order valence-electron chi connectivity index (χ3n) is 3.38. The summed E-state index contributed by atoms with van der Waals surface area (Å²) < 4.78 is 28.2. The summed E-state index contributed by atoms with van der Waals surface area (Å²) in [4.78, 5) is 26.7. The molecular weight excluding hydrogens is 282 g/mol. The number of ketones is 1. The molecule has 0 amide bonds. The van der Waals surface area contributed by atoms with Crippen molar-refractivity contribution in [3.63, 3.8) is 0 Å². The van der Waals surface area contributed by atoms with Crippen LogP contribution in [0.25, 0.3) is 0 Å². The average molecular weight is 301 g/mol. The molecule has 1 rings (SSSR count). The number of esters is 1. The van der Waals surface area contributed by atoms with E-state index in [0.717, 1.165) is 0 Å². The van der Waals surface area contributed by atoms with Gasteiger partial charge in [-0.05, 0) is 26.3 Å². The monoisotopic (exact) mass is 301 g/mol. The van der Waals surface area contributed by atoms with Crippen LogP contribution in [-0.2, 0) is 14.6 Å². The zero-order valence-corrected chi connectivity index (χ0v) is 13.1. The lowest BCUT2D eigenvalue weighted by Crippen LogP contribution is -2.29. The van der Waals surface area contributed by atoms with Crippen molar-refractivity contribution < 1.29 is 22.7 Å². The second-order valence-corrected chi connectivity index (χ2v) is 7.18. The van der Waals surface area contributed by atoms with Crippen LogP contribution in [0, 0.1) is 13.8 Å². The molecule has 0 aliphatic heterocycles. The Hall–Kier alpha value is -1.63. The molecule has 0 saturated heterocycles. The normalized spacial score (nSPS) is 13.1. The van der Waals surface area contributed by atoms with Crippen molar-refractivity contribution in [3.8, 4) is 0 Å². The summed E-state index contributed by atoms with van der Waals surface area (Å²) in [6.45, 7) is 6.07. The first kappa shape index (κ1) is 16.4. The van der Waals surface area contributed by atoms with E-state index in [1.807, 2.05) is 0 Å². The van der Waals surface area contributed by atoms with E-state index in [0.29, 0.717) is 11.3 Å². The van der Waals surface area contributed by atoms with Gasteiger partial charge < -0.3 is 9.72 Å². The summed E-state index contributed by atoms with van der Waals surface area (Å²) in [7, 11) is -2.23. The summed E-state index contributed by atoms with van der Waals surface area (Å²) in [5.74, 6) is -1.20. The van der Waals surface area contributed by atoms with Crippen molar-refractivity contribution in [2.24, 2.45) is 0 Å². The van der Waals surface area contributed by atoms with Crippen LogP contribution in [0.1, 0.15) is 46.0 Å². The molecule has 1 aromatic rings. The van der Waals surface area contributed by atoms with Crippen molar-refractivity contribution in [2.45, 2.75) is 32.9 Å². The smallest absolute Gasteiger partial charge is 0.339 e. The van der Waals surface area contributed by atoms with Gasteiger partial charge in [-0.1, -0.05) is 6.92 Å². The molecule has 7 heteroatoms. The van der Waals surface area contributed by atoms with E-state index in [9.17, 15) is 18.0 Å². The molecule has 20 heavy (non-hydrogen) atoms. The highest BCUT2D eigenvalue weighted by Crippen LogP contribution is 2.21. The number of hydrogen-bond donors (Lipinski definition) is 1. The molecule has 112 valence electrons. The maximum Gasteiger partial charge on any atom is 0.339 e. The highest BCUT2D eigenvalue weighted by molar-refractivity contribution is 7.92. The van der Waals surface area contributed by atoms with E-state index in [1.165, 1.54) is 21.0 Å². The summed E-state index contributed by atoms with van der Waals surface area (Å²) in [6.07, 6.45) is 0. The molecule has 0 aliphatic rings. The molecule has 1 aromatic heterocycles. The average Bonchev–Trinajstić information content (AvgIpc) is 2.71. The minimum atomic E-state index is -3.48. The van der Waals surface area contributed by atoms with Crippen molar-refractivity contribution in [1.82, 2.24) is 4.98 Å². The number of hydrogen-bond acceptors (Lipinski definition) is 5. The SMILES string of the molecule is CCS(=O)(=O)[C@H](C)C(=O)c1[nH]c(C)c(C(=O)OC)c1C. The zero-order valence-electron chi connectivity index (χ0n) is 12.2. The Morgan fingerprint density at radius 3 is 2.30 bits per heavy atom. The number of carbonyl (C=O) groups is 2. The van der Waals surface area contributed by atoms with Crippen LogP contribution in [0.15, 0.2) is 0 Å². The number of rotatable bonds is 5. The minimum Gasteiger partial charge on any atom is -0.465 e. The summed E-state index contributed by atoms with van der Waals surface area (Å²) in [6, 6.07) is 0. The predicted molar refractivity (Wildman–Crippen MR) is 74.9 cm³/mol. The van der Waals surface area contributed by atoms with Crippen LogP contribution in [0.4, 0.5) is 0 Å². The van der Waals surface area contributed by atoms with E-state index in [4.69, 9.17) is 0 Å². The lowest BCUT2D eigenvalue weighted by atomic mass is 10.1. The van der Waals surface area contributed by atoms with Crippen LogP contribution in [0.2, 0.25) is 0 Å². The maximum atomic E-state index is 12.3. The number of aromatic amines is 1. The third kappa shape index (κ3) is 2.77. The van der Waals surface area contributed by atoms with Crippen molar-refractivity contribution in [3.05, 3.63) is 22.5 Å². The van der Waals surface area contributed by atoms with Crippen molar-refractivity contribution in [2.75, 3.05) is 12.9 Å². The van der Waals surface area contributed by atoms with E-state index in [-0.39, 0.29) is 17.0 Å². The first-order chi connectivity index (χ1) is 9.17. The Morgan fingerprint density at radius 1 is 1.30 bits per heavy atom. The van der Waals surface area contributed by atoms with Gasteiger partial charge in [-0.3, -0.25) is 4.79 Å². The molecule has 0 aliphatic carbocycles. The Labute approximate surface area is 118 Å². The first-order valence-electron chi connectivity index (χ1n) is 6.20. The van der Waals surface area contributed by atoms with Gasteiger partial charge in [0.1, 0.15) is 5.25 Å². The number of methoxy groups -OCH3 is 1. The standard InChI is InChI=1S/C13H19NO5S/c1-6-20(17,18)9(4)12(15)11-7(2)10(8(3)14-11)13(16)19-5/h9,14H,6H2,1-5H3/t9-/m1/s1. The van der Waals surface area contributed by atoms with E-state index < -0.39 is 26.8 Å². The Balaban J connectivity index is 3.30. The Bertz CT molecular complexity index is 642. The van der Waals surface area contributed by atoms with Gasteiger partial charge in [-0.25, -0.2) is 13.2 Å². The Kier molecular flexibility index (Phi) is 4.75. The molecule has 6 nitrogen and oxygen atoms in total. The van der Waals surface area contributed by atoms with Crippen LogP contribution >= 0.6 is 0 Å². The molecule has 0 spiro atoms. The molecule has 1 atom stereocenters. The maximum absolute atomic E-state index is 12.3. The van der Waals surface area contributed by atoms with Gasteiger partial charge in [0.25, 0.3) is 0 Å². The molecular formula is C13H19NO5S. The topological polar surface area (TPSA) is 93.3 Å². The fraction of sp³-hybridized carbons (Fsp3) is 0.538. The van der Waals surface area contributed by atoms with Gasteiger partial charge in [-0.2, -0.15) is 0 Å². The fourth-order valence-corrected chi connectivity index (χ4v) is 2.97. The van der Waals surface area contributed by atoms with Gasteiger partial charge in [0.2, 0.25) is 0 Å². The van der Waals surface area contributed by atoms with Crippen LogP contribution < -0.4 is 0 Å². The highest BCUT2D eigenvalue weighted by atomic mass is 32.2. The number of nitrogens with one attached hydrogen (secondary N) is 1. The van der Waals surface area contributed by atoms with Crippen LogP contribution in [0.5, 0.6) is 0 Å². The molecule has 0 unspecified atom stereocenters.